The Labute approximate surface area is 97.6 Å². The number of para-hydroxylation sites is 1. The fraction of sp³-hybridized carbons (Fsp3) is 0.417. The molecule has 15 heavy (non-hydrogen) atoms. The summed E-state index contributed by atoms with van der Waals surface area (Å²) in [6, 6.07) is 6.05. The van der Waals surface area contributed by atoms with Gasteiger partial charge in [0.2, 0.25) is 0 Å². The zero-order chi connectivity index (χ0) is 11.3. The summed E-state index contributed by atoms with van der Waals surface area (Å²) >= 11 is 0.445. The number of hydrogen-bond acceptors (Lipinski definition) is 1. The van der Waals surface area contributed by atoms with E-state index in [9.17, 15) is 4.79 Å². The quantitative estimate of drug-likeness (QED) is 0.837. The van der Waals surface area contributed by atoms with Gasteiger partial charge in [-0.3, -0.25) is 0 Å². The Hall–Kier alpha value is -0.791. The van der Waals surface area contributed by atoms with Crippen LogP contribution in [0.4, 0.5) is 5.69 Å². The Morgan fingerprint density at radius 3 is 2.47 bits per heavy atom. The molecule has 0 aliphatic heterocycles. The van der Waals surface area contributed by atoms with Crippen molar-refractivity contribution in [2.75, 3.05) is 5.32 Å². The van der Waals surface area contributed by atoms with E-state index < -0.39 is 0 Å². The molecule has 1 aromatic rings. The number of amides is 1. The molecule has 0 spiro atoms. The average Bonchev–Trinajstić information content (AvgIpc) is 2.21. The maximum atomic E-state index is 11.6. The number of aryl methyl sites for hydroxylation is 2. The first-order valence-electron chi connectivity index (χ1n) is 5.09. The molecular formula is C12H17NOSe. The van der Waals surface area contributed by atoms with E-state index in [1.807, 2.05) is 32.0 Å². The van der Waals surface area contributed by atoms with Gasteiger partial charge in [0, 0.05) is 0 Å². The van der Waals surface area contributed by atoms with Gasteiger partial charge in [-0.05, 0) is 0 Å². The molecule has 0 radical (unpaired) electrons. The predicted octanol–water partition coefficient (Wildman–Crippen LogP) is 2.80. The van der Waals surface area contributed by atoms with Gasteiger partial charge in [0.1, 0.15) is 0 Å². The van der Waals surface area contributed by atoms with Crippen LogP contribution in [0.1, 0.15) is 18.1 Å². The normalized spacial score (nSPS) is 10.1. The molecule has 0 atom stereocenters. The van der Waals surface area contributed by atoms with Gasteiger partial charge in [-0.1, -0.05) is 0 Å². The van der Waals surface area contributed by atoms with Gasteiger partial charge in [0.25, 0.3) is 0 Å². The van der Waals surface area contributed by atoms with Crippen molar-refractivity contribution in [2.45, 2.75) is 31.4 Å². The Morgan fingerprint density at radius 1 is 1.33 bits per heavy atom. The van der Waals surface area contributed by atoms with Gasteiger partial charge in [-0.15, -0.1) is 0 Å². The van der Waals surface area contributed by atoms with Crippen molar-refractivity contribution in [3.8, 4) is 0 Å². The fourth-order valence-corrected chi connectivity index (χ4v) is 2.35. The summed E-state index contributed by atoms with van der Waals surface area (Å²) in [5.41, 5.74) is 3.24. The Morgan fingerprint density at radius 2 is 1.93 bits per heavy atom. The summed E-state index contributed by atoms with van der Waals surface area (Å²) in [6.45, 7) is 6.16. The van der Waals surface area contributed by atoms with Crippen LogP contribution in [-0.2, 0) is 4.79 Å². The van der Waals surface area contributed by atoms with Crippen molar-refractivity contribution < 1.29 is 4.79 Å². The summed E-state index contributed by atoms with van der Waals surface area (Å²) in [6.07, 6.45) is 0. The minimum atomic E-state index is 0.147. The van der Waals surface area contributed by atoms with Crippen LogP contribution in [0.25, 0.3) is 0 Å². The van der Waals surface area contributed by atoms with Crippen LogP contribution >= 0.6 is 0 Å². The first-order chi connectivity index (χ1) is 7.15. The van der Waals surface area contributed by atoms with Crippen LogP contribution in [-0.4, -0.2) is 20.9 Å². The van der Waals surface area contributed by atoms with Gasteiger partial charge in [0.15, 0.2) is 0 Å². The van der Waals surface area contributed by atoms with Crippen molar-refractivity contribution in [3.05, 3.63) is 29.3 Å². The third-order valence-electron chi connectivity index (χ3n) is 2.18. The standard InChI is InChI=1S/C12H17NOSe/c1-4-15-8-11(14)13-12-9(2)6-5-7-10(12)3/h5-7H,4,8H2,1-3H3,(H,13,14). The molecule has 0 unspecified atom stereocenters. The number of carbonyl (C=O) groups excluding carboxylic acids is 1. The summed E-state index contributed by atoms with van der Waals surface area (Å²) in [7, 11) is 0. The second kappa shape index (κ2) is 5.94. The Balaban J connectivity index is 2.68. The van der Waals surface area contributed by atoms with E-state index in [4.69, 9.17) is 0 Å². The molecule has 0 aliphatic rings. The molecule has 1 N–H and O–H groups in total. The first-order valence-corrected chi connectivity index (χ1v) is 7.51. The molecule has 82 valence electrons. The molecule has 0 fully saturated rings. The predicted molar refractivity (Wildman–Crippen MR) is 65.6 cm³/mol. The number of hydrogen-bond donors (Lipinski definition) is 1. The van der Waals surface area contributed by atoms with Gasteiger partial charge in [-0.2, -0.15) is 0 Å². The molecule has 0 aromatic heterocycles. The average molecular weight is 270 g/mol. The zero-order valence-corrected chi connectivity index (χ0v) is 11.2. The fourth-order valence-electron chi connectivity index (χ4n) is 1.38. The number of nitrogens with one attached hydrogen (secondary N) is 1. The summed E-state index contributed by atoms with van der Waals surface area (Å²) in [5, 5.41) is 4.79. The molecule has 0 aliphatic carbocycles. The first kappa shape index (κ1) is 12.3. The molecule has 3 heteroatoms. The second-order valence-corrected chi connectivity index (χ2v) is 6.13. The molecular weight excluding hydrogens is 253 g/mol. The molecule has 0 bridgehead atoms. The molecule has 1 amide bonds. The number of benzene rings is 1. The van der Waals surface area contributed by atoms with Crippen LogP contribution < -0.4 is 5.32 Å². The van der Waals surface area contributed by atoms with E-state index in [0.29, 0.717) is 20.3 Å². The van der Waals surface area contributed by atoms with Crippen molar-refractivity contribution in [2.24, 2.45) is 0 Å². The van der Waals surface area contributed by atoms with E-state index in [2.05, 4.69) is 12.2 Å². The zero-order valence-electron chi connectivity index (χ0n) is 9.46. The van der Waals surface area contributed by atoms with Crippen LogP contribution in [0.2, 0.25) is 10.6 Å². The Bertz CT molecular complexity index is 329. The summed E-state index contributed by atoms with van der Waals surface area (Å²) < 4.78 is 0. The number of rotatable bonds is 4. The molecule has 1 rings (SSSR count). The van der Waals surface area contributed by atoms with Crippen molar-refractivity contribution in [3.63, 3.8) is 0 Å². The monoisotopic (exact) mass is 271 g/mol. The second-order valence-electron chi connectivity index (χ2n) is 3.45. The third-order valence-corrected chi connectivity index (χ3v) is 4.02. The van der Waals surface area contributed by atoms with Crippen molar-refractivity contribution >= 4 is 26.6 Å². The van der Waals surface area contributed by atoms with Gasteiger partial charge < -0.3 is 0 Å². The molecule has 0 saturated heterocycles. The van der Waals surface area contributed by atoms with Crippen LogP contribution in [0.15, 0.2) is 18.2 Å². The molecule has 0 saturated carbocycles. The van der Waals surface area contributed by atoms with Crippen LogP contribution in [0.3, 0.4) is 0 Å². The molecule has 1 aromatic carbocycles. The van der Waals surface area contributed by atoms with E-state index in [1.54, 1.807) is 0 Å². The van der Waals surface area contributed by atoms with E-state index >= 15 is 0 Å². The van der Waals surface area contributed by atoms with Crippen molar-refractivity contribution in [1.82, 2.24) is 0 Å². The summed E-state index contributed by atoms with van der Waals surface area (Å²) in [5.74, 6) is 0.147. The van der Waals surface area contributed by atoms with Gasteiger partial charge in [0.05, 0.1) is 0 Å². The number of carbonyl (C=O) groups is 1. The maximum absolute atomic E-state index is 11.6. The minimum absolute atomic E-state index is 0.147. The SMILES string of the molecule is CC[Se]CC(=O)Nc1c(C)cccc1C. The van der Waals surface area contributed by atoms with E-state index in [0.717, 1.165) is 22.1 Å². The third kappa shape index (κ3) is 3.69. The van der Waals surface area contributed by atoms with Crippen LogP contribution in [0.5, 0.6) is 0 Å². The molecule has 0 heterocycles. The van der Waals surface area contributed by atoms with Gasteiger partial charge >= 0.3 is 97.4 Å². The molecule has 2 nitrogen and oxygen atoms in total. The van der Waals surface area contributed by atoms with Crippen LogP contribution in [0, 0.1) is 13.8 Å². The van der Waals surface area contributed by atoms with Crippen molar-refractivity contribution in [1.29, 1.82) is 0 Å². The number of anilines is 1. The summed E-state index contributed by atoms with van der Waals surface area (Å²) in [4.78, 5) is 11.6. The topological polar surface area (TPSA) is 29.1 Å². The van der Waals surface area contributed by atoms with E-state index in [1.165, 1.54) is 0 Å². The van der Waals surface area contributed by atoms with Gasteiger partial charge in [-0.25, -0.2) is 0 Å². The Kier molecular flexibility index (Phi) is 4.86. The van der Waals surface area contributed by atoms with E-state index in [-0.39, 0.29) is 5.91 Å².